The van der Waals surface area contributed by atoms with Crippen LogP contribution in [0.15, 0.2) is 140 Å². The average molecular weight is 713 g/mol. The van der Waals surface area contributed by atoms with Gasteiger partial charge in [-0.05, 0) is 96.8 Å². The van der Waals surface area contributed by atoms with Crippen LogP contribution in [0.25, 0.3) is 77.6 Å². The highest BCUT2D eigenvalue weighted by Gasteiger charge is 2.47. The fourth-order valence-corrected chi connectivity index (χ4v) is 10.0. The number of benzene rings is 4. The summed E-state index contributed by atoms with van der Waals surface area (Å²) in [5.41, 5.74) is 17.2. The van der Waals surface area contributed by atoms with Crippen LogP contribution in [0.3, 0.4) is 0 Å². The predicted octanol–water partition coefficient (Wildman–Crippen LogP) is 11.5. The number of fused-ring (bicyclic) bond motifs is 15. The number of allylic oxidation sites excluding steroid dienone is 1. The summed E-state index contributed by atoms with van der Waals surface area (Å²) < 4.78 is 7.35. The molecule has 0 bridgehead atoms. The first kappa shape index (κ1) is 32.3. The Hall–Kier alpha value is -6.13. The third-order valence-electron chi connectivity index (χ3n) is 12.3. The number of hydrogen-bond donors (Lipinski definition) is 0. The van der Waals surface area contributed by atoms with Gasteiger partial charge in [-0.1, -0.05) is 87.5 Å². The molecule has 4 aromatic carbocycles. The topological polar surface area (TPSA) is 25.1 Å². The largest absolute Gasteiger partial charge is 0.293 e. The van der Waals surface area contributed by atoms with E-state index in [0.717, 1.165) is 36.3 Å². The van der Waals surface area contributed by atoms with Crippen molar-refractivity contribution in [3.8, 4) is 33.6 Å². The molecular weight excluding hydrogens is 669 g/mol. The van der Waals surface area contributed by atoms with Crippen LogP contribution < -0.4 is 9.13 Å². The molecule has 266 valence electrons. The minimum atomic E-state index is 0.0466. The standard InChI is InChI=1S/C51H44N4/c1-31-19-22-45-37-16-10-9-15-36(37)39-20-21-44-43(47-25-33(29-51(3,4)5)23-24-53(47)32(2)48(39)54(45)30-31)28-42-41-27-35(34-13-7-6-8-14-34)26-40-38-17-11-12-18-46(38)55(49(40)41)50(42)52-44/h6-19,22-28,30,39,48H,2,20-21,29H2,1,3-5H3/q+2. The molecule has 4 heteroatoms. The van der Waals surface area contributed by atoms with E-state index in [1.54, 1.807) is 0 Å². The van der Waals surface area contributed by atoms with E-state index in [-0.39, 0.29) is 17.4 Å². The number of aryl methyl sites for hydroxylation is 2. The monoisotopic (exact) mass is 712 g/mol. The van der Waals surface area contributed by atoms with Crippen molar-refractivity contribution in [1.29, 1.82) is 0 Å². The van der Waals surface area contributed by atoms with Crippen molar-refractivity contribution in [3.05, 3.63) is 163 Å². The smallest absolute Gasteiger partial charge is 0.249 e. The Bertz CT molecular complexity index is 3030. The van der Waals surface area contributed by atoms with E-state index in [1.807, 2.05) is 0 Å². The molecule has 2 aliphatic heterocycles. The van der Waals surface area contributed by atoms with Gasteiger partial charge in [-0.15, -0.1) is 0 Å². The molecular formula is C51H44N4+2. The van der Waals surface area contributed by atoms with E-state index >= 15 is 0 Å². The van der Waals surface area contributed by atoms with Crippen molar-refractivity contribution in [1.82, 2.24) is 9.38 Å². The van der Waals surface area contributed by atoms with Crippen molar-refractivity contribution < 1.29 is 9.13 Å². The van der Waals surface area contributed by atoms with Gasteiger partial charge >= 0.3 is 0 Å². The zero-order chi connectivity index (χ0) is 37.2. The lowest BCUT2D eigenvalue weighted by molar-refractivity contribution is -0.727. The van der Waals surface area contributed by atoms with Crippen LogP contribution >= 0.6 is 0 Å². The molecule has 11 rings (SSSR count). The van der Waals surface area contributed by atoms with Gasteiger partial charge in [0.1, 0.15) is 5.65 Å². The third kappa shape index (κ3) is 4.87. The Morgan fingerprint density at radius 2 is 1.51 bits per heavy atom. The molecule has 0 amide bonds. The Labute approximate surface area is 322 Å². The number of hydrogen-bond acceptors (Lipinski definition) is 1. The van der Waals surface area contributed by atoms with Crippen LogP contribution in [0.1, 0.15) is 61.5 Å². The fraction of sp³-hybridized carbons (Fsp3) is 0.196. The maximum absolute atomic E-state index is 5.80. The number of para-hydroxylation sites is 1. The normalized spacial score (nSPS) is 16.7. The highest BCUT2D eigenvalue weighted by molar-refractivity contribution is 6.24. The first-order valence-electron chi connectivity index (χ1n) is 19.7. The second-order valence-corrected chi connectivity index (χ2v) is 17.2. The summed E-state index contributed by atoms with van der Waals surface area (Å²) >= 11 is 0. The van der Waals surface area contributed by atoms with Gasteiger partial charge in [0.05, 0.1) is 28.2 Å². The molecule has 0 saturated carbocycles. The first-order chi connectivity index (χ1) is 26.7. The molecule has 0 N–H and O–H groups in total. The summed E-state index contributed by atoms with van der Waals surface area (Å²) in [6.45, 7) is 14.2. The maximum Gasteiger partial charge on any atom is 0.249 e. The summed E-state index contributed by atoms with van der Waals surface area (Å²) in [5.74, 6) is 0.225. The van der Waals surface area contributed by atoms with Gasteiger partial charge in [-0.3, -0.25) is 4.40 Å². The molecule has 55 heavy (non-hydrogen) atoms. The summed E-state index contributed by atoms with van der Waals surface area (Å²) in [5, 5.41) is 4.98. The van der Waals surface area contributed by atoms with E-state index in [1.165, 1.54) is 82.9 Å². The van der Waals surface area contributed by atoms with Crippen molar-refractivity contribution in [3.63, 3.8) is 0 Å². The van der Waals surface area contributed by atoms with Crippen LogP contribution in [0.4, 0.5) is 0 Å². The zero-order valence-electron chi connectivity index (χ0n) is 32.0. The second-order valence-electron chi connectivity index (χ2n) is 17.2. The minimum absolute atomic E-state index is 0.0466. The lowest BCUT2D eigenvalue weighted by Gasteiger charge is -2.29. The predicted molar refractivity (Wildman–Crippen MR) is 225 cm³/mol. The van der Waals surface area contributed by atoms with Gasteiger partial charge in [0.15, 0.2) is 12.4 Å². The fourth-order valence-electron chi connectivity index (χ4n) is 10.0. The van der Waals surface area contributed by atoms with Crippen molar-refractivity contribution in [2.75, 3.05) is 0 Å². The number of rotatable bonds is 2. The van der Waals surface area contributed by atoms with Crippen LogP contribution in [0.2, 0.25) is 0 Å². The van der Waals surface area contributed by atoms with E-state index in [4.69, 9.17) is 11.6 Å². The second kappa shape index (κ2) is 11.7. The maximum atomic E-state index is 5.80. The number of aromatic nitrogens is 4. The molecule has 2 aliphatic rings. The Morgan fingerprint density at radius 3 is 2.35 bits per heavy atom. The lowest BCUT2D eigenvalue weighted by Crippen LogP contribution is -2.53. The Morgan fingerprint density at radius 1 is 0.745 bits per heavy atom. The van der Waals surface area contributed by atoms with E-state index in [0.29, 0.717) is 0 Å². The molecule has 0 spiro atoms. The van der Waals surface area contributed by atoms with Gasteiger partial charge in [-0.2, -0.15) is 9.13 Å². The molecule has 2 atom stereocenters. The van der Waals surface area contributed by atoms with E-state index < -0.39 is 0 Å². The molecule has 4 nitrogen and oxygen atoms in total. The minimum Gasteiger partial charge on any atom is -0.293 e. The number of pyridine rings is 3. The summed E-state index contributed by atoms with van der Waals surface area (Å²) in [7, 11) is 0. The van der Waals surface area contributed by atoms with E-state index in [2.05, 4.69) is 175 Å². The zero-order valence-corrected chi connectivity index (χ0v) is 32.0. The molecule has 2 unspecified atom stereocenters. The third-order valence-corrected chi connectivity index (χ3v) is 12.3. The van der Waals surface area contributed by atoms with E-state index in [9.17, 15) is 0 Å². The van der Waals surface area contributed by atoms with Gasteiger partial charge in [0.25, 0.3) is 0 Å². The lowest BCUT2D eigenvalue weighted by atomic mass is 9.79. The SMILES string of the molecule is C=C1C2C(CCc3nc4c(cc3-c3cc(CC(C)(C)C)cc[n+]31)c1cc(-c3ccccc3)cc3c5ccccc5n4c31)c1ccccc1-c1ccc(C)c[n+]12. The summed E-state index contributed by atoms with van der Waals surface area (Å²) in [6.07, 6.45) is 7.42. The van der Waals surface area contributed by atoms with Crippen molar-refractivity contribution in [2.24, 2.45) is 5.41 Å². The van der Waals surface area contributed by atoms with Gasteiger partial charge in [0, 0.05) is 50.9 Å². The Balaban J connectivity index is 1.22. The van der Waals surface area contributed by atoms with Crippen LogP contribution in [0, 0.1) is 12.3 Å². The van der Waals surface area contributed by atoms with Crippen molar-refractivity contribution in [2.45, 2.75) is 58.9 Å². The first-order valence-corrected chi connectivity index (χ1v) is 19.7. The quantitative estimate of drug-likeness (QED) is 0.164. The molecule has 0 fully saturated rings. The molecule has 0 aliphatic carbocycles. The summed E-state index contributed by atoms with van der Waals surface area (Å²) in [6, 6.07) is 45.2. The molecule has 5 aromatic heterocycles. The molecule has 9 aromatic rings. The van der Waals surface area contributed by atoms with Crippen LogP contribution in [-0.4, -0.2) is 9.38 Å². The number of nitrogens with zero attached hydrogens (tertiary/aromatic N) is 4. The summed E-state index contributed by atoms with van der Waals surface area (Å²) in [4.78, 5) is 5.80. The molecule has 0 saturated heterocycles. The molecule has 0 radical (unpaired) electrons. The Kier molecular flexibility index (Phi) is 6.86. The van der Waals surface area contributed by atoms with Crippen LogP contribution in [0.5, 0.6) is 0 Å². The van der Waals surface area contributed by atoms with Crippen LogP contribution in [-0.2, 0) is 12.8 Å². The van der Waals surface area contributed by atoms with Gasteiger partial charge < -0.3 is 0 Å². The highest BCUT2D eigenvalue weighted by Crippen LogP contribution is 2.47. The van der Waals surface area contributed by atoms with Gasteiger partial charge in [0.2, 0.25) is 23.1 Å². The molecule has 7 heterocycles. The van der Waals surface area contributed by atoms with Crippen molar-refractivity contribution >= 4 is 43.9 Å². The highest BCUT2D eigenvalue weighted by atomic mass is 15.1. The van der Waals surface area contributed by atoms with Gasteiger partial charge in [-0.25, -0.2) is 4.98 Å². The average Bonchev–Trinajstić information content (AvgIpc) is 3.70.